The van der Waals surface area contributed by atoms with Crippen LogP contribution < -0.4 is 0 Å². The SMILES string of the molecule is CC1(C)C2=C(C=CCC2)c2cc3c(cc21)c1ccccc1n3-c1cc(-c2nc(-c3ccccc3)nc(-c3ccccc3)n2)c2sc3ccccc3c2c1. The van der Waals surface area contributed by atoms with E-state index in [0.29, 0.717) is 17.5 Å². The summed E-state index contributed by atoms with van der Waals surface area (Å²) < 4.78 is 4.88. The van der Waals surface area contributed by atoms with Gasteiger partial charge in [-0.05, 0) is 65.9 Å². The van der Waals surface area contributed by atoms with Crippen molar-refractivity contribution in [2.24, 2.45) is 0 Å². The van der Waals surface area contributed by atoms with Gasteiger partial charge in [0.15, 0.2) is 17.5 Å². The van der Waals surface area contributed by atoms with Gasteiger partial charge in [0.2, 0.25) is 0 Å². The first kappa shape index (κ1) is 30.5. The third-order valence-corrected chi connectivity index (χ3v) is 12.6. The molecule has 3 heterocycles. The molecule has 0 spiro atoms. The van der Waals surface area contributed by atoms with Gasteiger partial charge < -0.3 is 4.57 Å². The van der Waals surface area contributed by atoms with Crippen LogP contribution >= 0.6 is 11.3 Å². The van der Waals surface area contributed by atoms with Crippen molar-refractivity contribution in [3.63, 3.8) is 0 Å². The number of hydrogen-bond donors (Lipinski definition) is 0. The summed E-state index contributed by atoms with van der Waals surface area (Å²) >= 11 is 1.80. The van der Waals surface area contributed by atoms with Gasteiger partial charge in [-0.1, -0.05) is 129 Å². The normalized spacial score (nSPS) is 14.8. The van der Waals surface area contributed by atoms with E-state index in [1.165, 1.54) is 58.7 Å². The van der Waals surface area contributed by atoms with Crippen molar-refractivity contribution in [2.75, 3.05) is 0 Å². The van der Waals surface area contributed by atoms with E-state index in [1.807, 2.05) is 36.4 Å². The van der Waals surface area contributed by atoms with Crippen LogP contribution in [0.15, 0.2) is 151 Å². The molecule has 2 aliphatic carbocycles. The Morgan fingerprint density at radius 2 is 1.25 bits per heavy atom. The minimum atomic E-state index is 0.0000974. The molecule has 0 bridgehead atoms. The fourth-order valence-corrected chi connectivity index (χ4v) is 9.99. The number of thiophene rings is 1. The Labute approximate surface area is 311 Å². The first-order valence-corrected chi connectivity index (χ1v) is 19.2. The van der Waals surface area contributed by atoms with Gasteiger partial charge in [0, 0.05) is 58.7 Å². The number of aromatic nitrogens is 4. The number of allylic oxidation sites excluding steroid dienone is 4. The van der Waals surface area contributed by atoms with Crippen LogP contribution in [0.2, 0.25) is 0 Å². The first-order valence-electron chi connectivity index (χ1n) is 18.3. The Hall–Kier alpha value is -6.17. The first-order chi connectivity index (χ1) is 26.0. The van der Waals surface area contributed by atoms with Crippen LogP contribution in [0.4, 0.5) is 0 Å². The van der Waals surface area contributed by atoms with Crippen LogP contribution in [0.1, 0.15) is 37.8 Å². The van der Waals surface area contributed by atoms with E-state index >= 15 is 0 Å². The molecule has 2 aliphatic rings. The third-order valence-electron chi connectivity index (χ3n) is 11.4. The zero-order valence-corrected chi connectivity index (χ0v) is 30.3. The standard InChI is InChI=1S/C48H34N4S/c1-48(2)39-22-12-9-19-32(39)35-28-42-36(27-40(35)48)33-20-10-13-23-41(33)52(42)31-25-37-34-21-11-14-24-43(34)53-44(37)38(26-31)47-50-45(29-15-5-3-6-16-29)49-46(51-47)30-17-7-4-8-18-30/h3-11,13-21,23-28H,12,22H2,1-2H3. The summed E-state index contributed by atoms with van der Waals surface area (Å²) in [6.07, 6.45) is 6.93. The Kier molecular flexibility index (Phi) is 6.56. The molecule has 5 heteroatoms. The van der Waals surface area contributed by atoms with Gasteiger partial charge in [0.05, 0.1) is 11.0 Å². The monoisotopic (exact) mass is 698 g/mol. The van der Waals surface area contributed by atoms with Crippen LogP contribution in [0.5, 0.6) is 0 Å². The average molecular weight is 699 g/mol. The molecule has 0 N–H and O–H groups in total. The van der Waals surface area contributed by atoms with Crippen molar-refractivity contribution in [3.8, 4) is 39.9 Å². The smallest absolute Gasteiger partial charge is 0.165 e. The Balaban J connectivity index is 1.23. The van der Waals surface area contributed by atoms with E-state index in [0.717, 1.165) is 35.2 Å². The van der Waals surface area contributed by atoms with Gasteiger partial charge in [-0.2, -0.15) is 0 Å². The van der Waals surface area contributed by atoms with Gasteiger partial charge in [-0.3, -0.25) is 0 Å². The predicted octanol–water partition coefficient (Wildman–Crippen LogP) is 12.7. The highest BCUT2D eigenvalue weighted by Crippen LogP contribution is 2.52. The van der Waals surface area contributed by atoms with Crippen molar-refractivity contribution in [1.82, 2.24) is 19.5 Å². The summed E-state index contributed by atoms with van der Waals surface area (Å²) in [6.45, 7) is 4.81. The number of fused-ring (bicyclic) bond motifs is 8. The molecule has 4 nitrogen and oxygen atoms in total. The summed E-state index contributed by atoms with van der Waals surface area (Å²) in [5.41, 5.74) is 12.2. The van der Waals surface area contributed by atoms with Gasteiger partial charge in [0.1, 0.15) is 0 Å². The molecular weight excluding hydrogens is 665 g/mol. The third kappa shape index (κ3) is 4.57. The van der Waals surface area contributed by atoms with Crippen LogP contribution in [-0.2, 0) is 5.41 Å². The van der Waals surface area contributed by atoms with Crippen LogP contribution in [-0.4, -0.2) is 19.5 Å². The zero-order valence-electron chi connectivity index (χ0n) is 29.5. The largest absolute Gasteiger partial charge is 0.309 e. The fraction of sp³-hybridized carbons (Fsp3) is 0.104. The maximum atomic E-state index is 5.24. The lowest BCUT2D eigenvalue weighted by atomic mass is 9.78. The van der Waals surface area contributed by atoms with Crippen LogP contribution in [0.3, 0.4) is 0 Å². The van der Waals surface area contributed by atoms with Gasteiger partial charge in [-0.15, -0.1) is 11.3 Å². The Bertz CT molecular complexity index is 2960. The lowest BCUT2D eigenvalue weighted by Gasteiger charge is -2.25. The van der Waals surface area contributed by atoms with Gasteiger partial charge in [-0.25, -0.2) is 15.0 Å². The molecule has 11 rings (SSSR count). The van der Waals surface area contributed by atoms with Gasteiger partial charge in [0.25, 0.3) is 0 Å². The summed E-state index contributed by atoms with van der Waals surface area (Å²) in [4.78, 5) is 15.5. The molecule has 0 aliphatic heterocycles. The molecule has 3 aromatic heterocycles. The predicted molar refractivity (Wildman–Crippen MR) is 222 cm³/mol. The minimum absolute atomic E-state index is 0.0000974. The number of rotatable bonds is 4. The maximum Gasteiger partial charge on any atom is 0.165 e. The molecule has 0 saturated heterocycles. The molecule has 6 aromatic carbocycles. The van der Waals surface area contributed by atoms with Crippen molar-refractivity contribution < 1.29 is 0 Å². The Morgan fingerprint density at radius 3 is 2.00 bits per heavy atom. The quantitative estimate of drug-likeness (QED) is 0.184. The van der Waals surface area contributed by atoms with Crippen molar-refractivity contribution in [2.45, 2.75) is 32.1 Å². The zero-order chi connectivity index (χ0) is 35.3. The van der Waals surface area contributed by atoms with E-state index in [2.05, 4.69) is 128 Å². The molecule has 0 radical (unpaired) electrons. The summed E-state index contributed by atoms with van der Waals surface area (Å²) in [5, 5.41) is 4.98. The fourth-order valence-electron chi connectivity index (χ4n) is 8.80. The van der Waals surface area contributed by atoms with Crippen molar-refractivity contribution in [1.29, 1.82) is 0 Å². The molecular formula is C48H34N4S. The van der Waals surface area contributed by atoms with Crippen LogP contribution in [0, 0.1) is 0 Å². The molecule has 53 heavy (non-hydrogen) atoms. The maximum absolute atomic E-state index is 5.24. The second kappa shape index (κ2) is 11.4. The van der Waals surface area contributed by atoms with E-state index in [4.69, 9.17) is 15.0 Å². The molecule has 0 amide bonds. The highest BCUT2D eigenvalue weighted by Gasteiger charge is 2.38. The number of nitrogens with zero attached hydrogens (tertiary/aromatic N) is 4. The second-order valence-corrected chi connectivity index (χ2v) is 15.8. The van der Waals surface area contributed by atoms with Crippen LogP contribution in [0.25, 0.3) is 87.4 Å². The minimum Gasteiger partial charge on any atom is -0.309 e. The molecule has 0 saturated carbocycles. The van der Waals surface area contributed by atoms with Gasteiger partial charge >= 0.3 is 0 Å². The lowest BCUT2D eigenvalue weighted by Crippen LogP contribution is -2.17. The second-order valence-electron chi connectivity index (χ2n) is 14.7. The van der Waals surface area contributed by atoms with E-state index < -0.39 is 0 Å². The topological polar surface area (TPSA) is 43.6 Å². The number of hydrogen-bond acceptors (Lipinski definition) is 4. The number of para-hydroxylation sites is 1. The molecule has 0 unspecified atom stereocenters. The van der Waals surface area contributed by atoms with E-state index in [-0.39, 0.29) is 5.41 Å². The molecule has 0 atom stereocenters. The molecule has 0 fully saturated rings. The summed E-state index contributed by atoms with van der Waals surface area (Å²) in [6, 6.07) is 47.7. The summed E-state index contributed by atoms with van der Waals surface area (Å²) in [7, 11) is 0. The average Bonchev–Trinajstić information content (AvgIpc) is 3.82. The summed E-state index contributed by atoms with van der Waals surface area (Å²) in [5.74, 6) is 1.99. The highest BCUT2D eigenvalue weighted by atomic mass is 32.1. The number of benzene rings is 6. The van der Waals surface area contributed by atoms with Crippen molar-refractivity contribution >= 4 is 58.9 Å². The molecule has 9 aromatic rings. The molecule has 252 valence electrons. The van der Waals surface area contributed by atoms with E-state index in [1.54, 1.807) is 16.9 Å². The Morgan fingerprint density at radius 1 is 0.585 bits per heavy atom. The van der Waals surface area contributed by atoms with E-state index in [9.17, 15) is 0 Å². The lowest BCUT2D eigenvalue weighted by molar-refractivity contribution is 0.608. The van der Waals surface area contributed by atoms with Crippen molar-refractivity contribution in [3.05, 3.63) is 162 Å². The highest BCUT2D eigenvalue weighted by molar-refractivity contribution is 7.26.